The zero-order valence-corrected chi connectivity index (χ0v) is 8.27. The van der Waals surface area contributed by atoms with E-state index in [4.69, 9.17) is 4.74 Å². The highest BCUT2D eigenvalue weighted by atomic mass is 16.5. The van der Waals surface area contributed by atoms with Crippen molar-refractivity contribution in [3.8, 4) is 5.75 Å². The maximum atomic E-state index is 11.0. The number of ether oxygens (including phenoxy) is 1. The molecule has 0 aliphatic carbocycles. The predicted molar refractivity (Wildman–Crippen MR) is 56.0 cm³/mol. The lowest BCUT2D eigenvalue weighted by molar-refractivity contribution is -0.141. The van der Waals surface area contributed by atoms with E-state index in [0.29, 0.717) is 17.7 Å². The Balaban J connectivity index is 2.22. The molecule has 0 unspecified atom stereocenters. The van der Waals surface area contributed by atoms with Gasteiger partial charge in [-0.05, 0) is 18.6 Å². The highest BCUT2D eigenvalue weighted by molar-refractivity contribution is 5.73. The van der Waals surface area contributed by atoms with Crippen LogP contribution in [0.5, 0.6) is 5.75 Å². The maximum absolute atomic E-state index is 11.0. The number of benzene rings is 1. The molecule has 0 amide bonds. The van der Waals surface area contributed by atoms with Gasteiger partial charge in [0.15, 0.2) is 0 Å². The molecule has 78 valence electrons. The lowest BCUT2D eigenvalue weighted by atomic mass is 10.1. The predicted octanol–water partition coefficient (Wildman–Crippen LogP) is 2.46. The number of carbonyl (C=O) groups excluding carboxylic acids is 1. The Kier molecular flexibility index (Phi) is 2.72. The molecule has 1 aromatic rings. The highest BCUT2D eigenvalue weighted by Crippen LogP contribution is 2.24. The summed E-state index contributed by atoms with van der Waals surface area (Å²) in [5.74, 6) is 0.641. The zero-order valence-electron chi connectivity index (χ0n) is 8.27. The van der Waals surface area contributed by atoms with Crippen LogP contribution in [-0.4, -0.2) is 11.1 Å². The second-order valence-corrected chi connectivity index (χ2v) is 3.50. The second-order valence-electron chi connectivity index (χ2n) is 3.50. The smallest absolute Gasteiger partial charge is 0.310 e. The molecule has 3 nitrogen and oxygen atoms in total. The molecule has 1 aromatic carbocycles. The van der Waals surface area contributed by atoms with Gasteiger partial charge < -0.3 is 9.84 Å². The first-order valence-electron chi connectivity index (χ1n) is 4.95. The summed E-state index contributed by atoms with van der Waals surface area (Å²) in [6.07, 6.45) is 3.77. The summed E-state index contributed by atoms with van der Waals surface area (Å²) >= 11 is 0. The highest BCUT2D eigenvalue weighted by Gasteiger charge is 2.14. The Labute approximate surface area is 88.0 Å². The summed E-state index contributed by atoms with van der Waals surface area (Å²) in [5.41, 5.74) is 0.683. The van der Waals surface area contributed by atoms with Gasteiger partial charge in [-0.15, -0.1) is 0 Å². The fraction of sp³-hybridized carbons (Fsp3) is 0.250. The monoisotopic (exact) mass is 204 g/mol. The van der Waals surface area contributed by atoms with Crippen LogP contribution in [0.25, 0.3) is 6.08 Å². The molecule has 0 spiro atoms. The van der Waals surface area contributed by atoms with Crippen LogP contribution in [0.15, 0.2) is 30.0 Å². The van der Waals surface area contributed by atoms with E-state index >= 15 is 0 Å². The van der Waals surface area contributed by atoms with Gasteiger partial charge in [-0.1, -0.05) is 18.2 Å². The van der Waals surface area contributed by atoms with E-state index in [1.807, 2.05) is 6.07 Å². The first-order chi connectivity index (χ1) is 7.25. The van der Waals surface area contributed by atoms with Crippen molar-refractivity contribution in [2.75, 3.05) is 0 Å². The van der Waals surface area contributed by atoms with Gasteiger partial charge in [0.2, 0.25) is 0 Å². The summed E-state index contributed by atoms with van der Waals surface area (Å²) in [6, 6.07) is 6.97. The van der Waals surface area contributed by atoms with Crippen LogP contribution < -0.4 is 0 Å². The quantitative estimate of drug-likeness (QED) is 0.715. The van der Waals surface area contributed by atoms with Gasteiger partial charge in [0.25, 0.3) is 0 Å². The molecule has 0 aromatic heterocycles. The molecule has 3 heteroatoms. The van der Waals surface area contributed by atoms with Crippen LogP contribution in [0.1, 0.15) is 24.8 Å². The number of carbonyl (C=O) groups is 1. The lowest BCUT2D eigenvalue weighted by Gasteiger charge is -2.14. The van der Waals surface area contributed by atoms with Gasteiger partial charge in [-0.25, -0.2) is 0 Å². The van der Waals surface area contributed by atoms with Crippen molar-refractivity contribution in [1.82, 2.24) is 0 Å². The molecule has 1 N–H and O–H groups in total. The maximum Gasteiger partial charge on any atom is 0.310 e. The first kappa shape index (κ1) is 9.77. The molecule has 1 fully saturated rings. The zero-order chi connectivity index (χ0) is 10.7. The van der Waals surface area contributed by atoms with E-state index in [9.17, 15) is 9.90 Å². The van der Waals surface area contributed by atoms with Crippen LogP contribution in [0, 0.1) is 0 Å². The van der Waals surface area contributed by atoms with Crippen molar-refractivity contribution < 1.29 is 14.6 Å². The first-order valence-corrected chi connectivity index (χ1v) is 4.95. The van der Waals surface area contributed by atoms with Gasteiger partial charge in [-0.2, -0.15) is 0 Å². The molecule has 1 saturated heterocycles. The lowest BCUT2D eigenvalue weighted by Crippen LogP contribution is -2.10. The van der Waals surface area contributed by atoms with Gasteiger partial charge >= 0.3 is 5.97 Å². The Morgan fingerprint density at radius 2 is 2.07 bits per heavy atom. The third-order valence-corrected chi connectivity index (χ3v) is 2.30. The van der Waals surface area contributed by atoms with E-state index < -0.39 is 0 Å². The average molecular weight is 204 g/mol. The molecular formula is C12H12O3. The second kappa shape index (κ2) is 4.17. The fourth-order valence-corrected chi connectivity index (χ4v) is 1.54. The van der Waals surface area contributed by atoms with Crippen LogP contribution in [0.2, 0.25) is 0 Å². The van der Waals surface area contributed by atoms with Crippen molar-refractivity contribution in [2.45, 2.75) is 19.3 Å². The molecular weight excluding hydrogens is 192 g/mol. The number of hydrogen-bond donors (Lipinski definition) is 1. The average Bonchev–Trinajstić information content (AvgIpc) is 2.22. The summed E-state index contributed by atoms with van der Waals surface area (Å²) in [5, 5.41) is 9.52. The molecule has 0 atom stereocenters. The molecule has 0 saturated carbocycles. The van der Waals surface area contributed by atoms with Crippen LogP contribution >= 0.6 is 0 Å². The minimum absolute atomic E-state index is 0.192. The van der Waals surface area contributed by atoms with Crippen molar-refractivity contribution >= 4 is 12.0 Å². The molecule has 2 rings (SSSR count). The van der Waals surface area contributed by atoms with Crippen molar-refractivity contribution in [2.24, 2.45) is 0 Å². The third-order valence-electron chi connectivity index (χ3n) is 2.30. The number of esters is 1. The molecule has 15 heavy (non-hydrogen) atoms. The minimum atomic E-state index is -0.192. The molecule has 1 heterocycles. The molecule has 0 bridgehead atoms. The van der Waals surface area contributed by atoms with Gasteiger partial charge in [0, 0.05) is 18.4 Å². The number of allylic oxidation sites excluding steroid dienone is 1. The summed E-state index contributed by atoms with van der Waals surface area (Å²) < 4.78 is 5.06. The van der Waals surface area contributed by atoms with Gasteiger partial charge in [0.05, 0.1) is 0 Å². The molecule has 1 aliphatic heterocycles. The summed E-state index contributed by atoms with van der Waals surface area (Å²) in [4.78, 5) is 11.0. The Morgan fingerprint density at radius 3 is 2.80 bits per heavy atom. The fourth-order valence-electron chi connectivity index (χ4n) is 1.54. The number of cyclic esters (lactones) is 1. The standard InChI is InChI=1S/C12H12O3/c13-11-6-2-1-4-9(11)8-10-5-3-7-12(14)15-10/h1-2,4,6,8,13H,3,5,7H2. The Bertz CT molecular complexity index is 407. The van der Waals surface area contributed by atoms with E-state index in [0.717, 1.165) is 12.8 Å². The van der Waals surface area contributed by atoms with Crippen molar-refractivity contribution in [3.63, 3.8) is 0 Å². The van der Waals surface area contributed by atoms with Crippen LogP contribution in [-0.2, 0) is 9.53 Å². The SMILES string of the molecule is O=C1CCCC(=Cc2ccccc2O)O1. The topological polar surface area (TPSA) is 46.5 Å². The normalized spacial score (nSPS) is 18.9. The van der Waals surface area contributed by atoms with Crippen molar-refractivity contribution in [3.05, 3.63) is 35.6 Å². The minimum Gasteiger partial charge on any atom is -0.507 e. The summed E-state index contributed by atoms with van der Waals surface area (Å²) in [7, 11) is 0. The number of aromatic hydroxyl groups is 1. The Hall–Kier alpha value is -1.77. The number of para-hydroxylation sites is 1. The number of hydrogen-bond acceptors (Lipinski definition) is 3. The summed E-state index contributed by atoms with van der Waals surface area (Å²) in [6.45, 7) is 0. The van der Waals surface area contributed by atoms with E-state index in [1.165, 1.54) is 0 Å². The third kappa shape index (κ3) is 2.37. The number of rotatable bonds is 1. The van der Waals surface area contributed by atoms with Gasteiger partial charge in [0.1, 0.15) is 11.5 Å². The van der Waals surface area contributed by atoms with E-state index in [-0.39, 0.29) is 11.7 Å². The largest absolute Gasteiger partial charge is 0.507 e. The Morgan fingerprint density at radius 1 is 1.27 bits per heavy atom. The van der Waals surface area contributed by atoms with Crippen molar-refractivity contribution in [1.29, 1.82) is 0 Å². The van der Waals surface area contributed by atoms with Crippen LogP contribution in [0.3, 0.4) is 0 Å². The number of phenolic OH excluding ortho intramolecular Hbond substituents is 1. The number of phenols is 1. The van der Waals surface area contributed by atoms with Crippen LogP contribution in [0.4, 0.5) is 0 Å². The molecule has 1 aliphatic rings. The molecule has 0 radical (unpaired) electrons. The van der Waals surface area contributed by atoms with Gasteiger partial charge in [-0.3, -0.25) is 4.79 Å². The van der Waals surface area contributed by atoms with E-state index in [1.54, 1.807) is 24.3 Å². The van der Waals surface area contributed by atoms with E-state index in [2.05, 4.69) is 0 Å².